The van der Waals surface area contributed by atoms with E-state index in [0.29, 0.717) is 23.9 Å². The van der Waals surface area contributed by atoms with E-state index in [1.165, 1.54) is 83.5 Å². The van der Waals surface area contributed by atoms with Crippen LogP contribution < -0.4 is 10.2 Å². The van der Waals surface area contributed by atoms with E-state index in [-0.39, 0.29) is 19.1 Å². The number of quaternary nitrogens is 1. The number of allylic oxidation sites excluding steroid dienone is 2. The molecule has 0 saturated heterocycles. The number of aliphatic hydroxyl groups is 1. The van der Waals surface area contributed by atoms with Gasteiger partial charge in [-0.25, -0.2) is 0 Å². The maximum atomic E-state index is 12.7. The molecule has 3 atom stereocenters. The van der Waals surface area contributed by atoms with Crippen LogP contribution in [0.4, 0.5) is 0 Å². The molecule has 1 amide bonds. The first-order valence-electron chi connectivity index (χ1n) is 18.0. The lowest BCUT2D eigenvalue weighted by molar-refractivity contribution is -0.870. The molecule has 0 radical (unpaired) electrons. The van der Waals surface area contributed by atoms with Crippen LogP contribution in [0.15, 0.2) is 12.2 Å². The van der Waals surface area contributed by atoms with Gasteiger partial charge in [-0.3, -0.25) is 9.36 Å². The van der Waals surface area contributed by atoms with Crippen molar-refractivity contribution in [3.63, 3.8) is 0 Å². The minimum Gasteiger partial charge on any atom is -0.756 e. The fraction of sp³-hybridized carbons (Fsp3) is 0.914. The molecule has 2 N–H and O–H groups in total. The highest BCUT2D eigenvalue weighted by molar-refractivity contribution is 7.45. The topological polar surface area (TPSA) is 108 Å². The van der Waals surface area contributed by atoms with Crippen LogP contribution in [0.1, 0.15) is 155 Å². The fourth-order valence-corrected chi connectivity index (χ4v) is 5.75. The van der Waals surface area contributed by atoms with Crippen LogP contribution in [0.2, 0.25) is 0 Å². The highest BCUT2D eigenvalue weighted by atomic mass is 31.2. The zero-order valence-electron chi connectivity index (χ0n) is 29.4. The quantitative estimate of drug-likeness (QED) is 0.0330. The number of phosphoric ester groups is 1. The van der Waals surface area contributed by atoms with Gasteiger partial charge in [0.15, 0.2) is 0 Å². The van der Waals surface area contributed by atoms with E-state index in [2.05, 4.69) is 31.3 Å². The van der Waals surface area contributed by atoms with Crippen LogP contribution in [-0.4, -0.2) is 68.5 Å². The van der Waals surface area contributed by atoms with Crippen molar-refractivity contribution in [2.75, 3.05) is 40.9 Å². The Morgan fingerprint density at radius 2 is 1.25 bits per heavy atom. The Kier molecular flexibility index (Phi) is 28.0. The highest BCUT2D eigenvalue weighted by Gasteiger charge is 2.24. The van der Waals surface area contributed by atoms with Gasteiger partial charge in [0.05, 0.1) is 39.9 Å². The SMILES string of the molecule is CCCCCCCC/C=C/CCCC[C@@H](O)[C@H](COP(=O)([O-])OCC[N+](C)(C)C)NC(=O)CCCCCCCCCCCC. The standard InChI is InChI=1S/C35H71N2O6P/c1-6-8-10-12-14-16-18-19-20-22-24-26-28-34(38)33(32-43-44(40,41)42-31-30-37(3,4)5)36-35(39)29-27-25-23-21-17-15-13-11-9-7-2/h19-20,33-34,38H,6-18,21-32H2,1-5H3,(H-,36,39,40,41)/b20-19+/t33-,34+/m0/s1. The third-order valence-electron chi connectivity index (χ3n) is 8.00. The summed E-state index contributed by atoms with van der Waals surface area (Å²) < 4.78 is 23.1. The number of rotatable bonds is 32. The number of carbonyl (C=O) groups is 1. The molecule has 0 saturated carbocycles. The molecule has 0 spiro atoms. The number of nitrogens with one attached hydrogen (secondary N) is 1. The smallest absolute Gasteiger partial charge is 0.268 e. The van der Waals surface area contributed by atoms with Crippen molar-refractivity contribution >= 4 is 13.7 Å². The number of phosphoric acid groups is 1. The predicted octanol–water partition coefficient (Wildman–Crippen LogP) is 8.22. The number of hydrogen-bond acceptors (Lipinski definition) is 6. The minimum absolute atomic E-state index is 0.00890. The van der Waals surface area contributed by atoms with E-state index < -0.39 is 20.0 Å². The summed E-state index contributed by atoms with van der Waals surface area (Å²) in [7, 11) is 1.29. The highest BCUT2D eigenvalue weighted by Crippen LogP contribution is 2.38. The number of likely N-dealkylation sites (N-methyl/N-ethyl adjacent to an activating group) is 1. The molecule has 1 unspecified atom stereocenters. The average Bonchev–Trinajstić information content (AvgIpc) is 2.95. The summed E-state index contributed by atoms with van der Waals surface area (Å²) in [5, 5.41) is 13.7. The molecule has 0 rings (SSSR count). The first kappa shape index (κ1) is 43.2. The first-order chi connectivity index (χ1) is 21.0. The number of aliphatic hydroxyl groups excluding tert-OH is 1. The second-order valence-electron chi connectivity index (χ2n) is 13.6. The Labute approximate surface area is 272 Å². The molecular weight excluding hydrogens is 575 g/mol. The minimum atomic E-state index is -4.55. The molecule has 262 valence electrons. The van der Waals surface area contributed by atoms with Crippen molar-refractivity contribution in [1.29, 1.82) is 0 Å². The second-order valence-corrected chi connectivity index (χ2v) is 15.0. The van der Waals surface area contributed by atoms with Crippen LogP contribution in [0.5, 0.6) is 0 Å². The summed E-state index contributed by atoms with van der Waals surface area (Å²) in [5.74, 6) is -0.179. The maximum Gasteiger partial charge on any atom is 0.268 e. The molecule has 0 aromatic heterocycles. The van der Waals surface area contributed by atoms with Crippen LogP contribution >= 0.6 is 7.82 Å². The van der Waals surface area contributed by atoms with Crippen molar-refractivity contribution in [3.8, 4) is 0 Å². The van der Waals surface area contributed by atoms with E-state index in [1.54, 1.807) is 0 Å². The van der Waals surface area contributed by atoms with Gasteiger partial charge in [0.1, 0.15) is 13.2 Å². The molecule has 44 heavy (non-hydrogen) atoms. The van der Waals surface area contributed by atoms with Gasteiger partial charge in [0.25, 0.3) is 7.82 Å². The van der Waals surface area contributed by atoms with Crippen molar-refractivity contribution in [1.82, 2.24) is 5.32 Å². The summed E-state index contributed by atoms with van der Waals surface area (Å²) in [4.78, 5) is 25.1. The Bertz CT molecular complexity index is 743. The number of hydrogen-bond donors (Lipinski definition) is 2. The largest absolute Gasteiger partial charge is 0.756 e. The Balaban J connectivity index is 4.56. The van der Waals surface area contributed by atoms with Crippen LogP contribution in [0, 0.1) is 0 Å². The molecule has 0 aliphatic carbocycles. The molecule has 8 nitrogen and oxygen atoms in total. The zero-order valence-corrected chi connectivity index (χ0v) is 30.3. The molecule has 9 heteroatoms. The summed E-state index contributed by atoms with van der Waals surface area (Å²) in [6.07, 6.45) is 27.8. The van der Waals surface area contributed by atoms with Gasteiger partial charge in [0, 0.05) is 6.42 Å². The summed E-state index contributed by atoms with van der Waals surface area (Å²) in [6.45, 7) is 4.64. The monoisotopic (exact) mass is 647 g/mol. The van der Waals surface area contributed by atoms with Gasteiger partial charge >= 0.3 is 0 Å². The number of unbranched alkanes of at least 4 members (excludes halogenated alkanes) is 17. The lowest BCUT2D eigenvalue weighted by Crippen LogP contribution is -2.46. The van der Waals surface area contributed by atoms with Gasteiger partial charge in [0.2, 0.25) is 5.91 Å². The van der Waals surface area contributed by atoms with Gasteiger partial charge in [-0.1, -0.05) is 122 Å². The van der Waals surface area contributed by atoms with Crippen LogP contribution in [0.3, 0.4) is 0 Å². The van der Waals surface area contributed by atoms with Crippen molar-refractivity contribution < 1.29 is 32.9 Å². The molecule has 0 aromatic carbocycles. The maximum absolute atomic E-state index is 12.7. The summed E-state index contributed by atoms with van der Waals surface area (Å²) in [5.41, 5.74) is 0. The number of carbonyl (C=O) groups excluding carboxylic acids is 1. The normalized spacial score (nSPS) is 15.0. The van der Waals surface area contributed by atoms with E-state index in [1.807, 2.05) is 21.1 Å². The molecule has 0 aromatic rings. The Hall–Kier alpha value is -0.760. The average molecular weight is 647 g/mol. The van der Waals surface area contributed by atoms with Crippen LogP contribution in [-0.2, 0) is 18.4 Å². The Morgan fingerprint density at radius 3 is 1.77 bits per heavy atom. The number of nitrogens with zero attached hydrogens (tertiary/aromatic N) is 1. The van der Waals surface area contributed by atoms with Gasteiger partial charge in [-0.05, 0) is 38.5 Å². The van der Waals surface area contributed by atoms with E-state index >= 15 is 0 Å². The molecule has 0 fully saturated rings. The fourth-order valence-electron chi connectivity index (χ4n) is 5.03. The summed E-state index contributed by atoms with van der Waals surface area (Å²) >= 11 is 0. The van der Waals surface area contributed by atoms with Crippen molar-refractivity contribution in [3.05, 3.63) is 12.2 Å². The van der Waals surface area contributed by atoms with Crippen LogP contribution in [0.25, 0.3) is 0 Å². The van der Waals surface area contributed by atoms with Gasteiger partial charge in [-0.15, -0.1) is 0 Å². The lowest BCUT2D eigenvalue weighted by atomic mass is 10.0. The molecular formula is C35H71N2O6P. The van der Waals surface area contributed by atoms with Gasteiger partial charge in [-0.2, -0.15) is 0 Å². The Morgan fingerprint density at radius 1 is 0.773 bits per heavy atom. The van der Waals surface area contributed by atoms with Gasteiger partial charge < -0.3 is 28.8 Å². The molecule has 0 bridgehead atoms. The third-order valence-corrected chi connectivity index (χ3v) is 8.97. The third kappa shape index (κ3) is 29.9. The van der Waals surface area contributed by atoms with E-state index in [9.17, 15) is 19.4 Å². The van der Waals surface area contributed by atoms with Crippen molar-refractivity contribution in [2.45, 2.75) is 167 Å². The summed E-state index contributed by atoms with van der Waals surface area (Å²) in [6, 6.07) is -0.807. The molecule has 0 heterocycles. The lowest BCUT2D eigenvalue weighted by Gasteiger charge is -2.30. The molecule has 0 aliphatic heterocycles. The first-order valence-corrected chi connectivity index (χ1v) is 19.5. The zero-order chi connectivity index (χ0) is 32.9. The van der Waals surface area contributed by atoms with E-state index in [4.69, 9.17) is 9.05 Å². The predicted molar refractivity (Wildman–Crippen MR) is 182 cm³/mol. The van der Waals surface area contributed by atoms with Crippen molar-refractivity contribution in [2.24, 2.45) is 0 Å². The second kappa shape index (κ2) is 28.5. The van der Waals surface area contributed by atoms with E-state index in [0.717, 1.165) is 44.9 Å². The molecule has 0 aliphatic rings. The number of amides is 1.